The number of rotatable bonds is 47. The van der Waals surface area contributed by atoms with Gasteiger partial charge in [-0.1, -0.05) is 217 Å². The van der Waals surface area contributed by atoms with Crippen molar-refractivity contribution in [3.63, 3.8) is 0 Å². The van der Waals surface area contributed by atoms with E-state index in [0.717, 1.165) is 51.4 Å². The second kappa shape index (κ2) is 44.7. The van der Waals surface area contributed by atoms with Crippen molar-refractivity contribution < 1.29 is 32.9 Å². The quantitative estimate of drug-likeness (QED) is 0.0273. The summed E-state index contributed by atoms with van der Waals surface area (Å²) in [7, 11) is 1.24. The van der Waals surface area contributed by atoms with Gasteiger partial charge in [0.25, 0.3) is 7.82 Å². The van der Waals surface area contributed by atoms with Gasteiger partial charge in [-0.05, 0) is 57.8 Å². The molecule has 2 N–H and O–H groups in total. The number of hydrogen-bond acceptors (Lipinski definition) is 6. The van der Waals surface area contributed by atoms with E-state index in [1.165, 1.54) is 161 Å². The number of carbonyl (C=O) groups is 1. The maximum Gasteiger partial charge on any atom is 0.268 e. The van der Waals surface area contributed by atoms with E-state index in [2.05, 4.69) is 55.6 Å². The summed E-state index contributed by atoms with van der Waals surface area (Å²) < 4.78 is 23.1. The van der Waals surface area contributed by atoms with E-state index < -0.39 is 26.6 Å². The highest BCUT2D eigenvalue weighted by atomic mass is 31.2. The number of quaternary nitrogens is 1. The molecule has 9 heteroatoms. The molecule has 3 unspecified atom stereocenters. The molecule has 0 fully saturated rings. The number of unbranched alkanes of at least 4 members (excludes halogenated alkanes) is 28. The predicted molar refractivity (Wildman–Crippen MR) is 265 cm³/mol. The summed E-state index contributed by atoms with van der Waals surface area (Å²) in [4.78, 5) is 25.2. The lowest BCUT2D eigenvalue weighted by atomic mass is 10.0. The molecule has 3 atom stereocenters. The first kappa shape index (κ1) is 60.5. The van der Waals surface area contributed by atoms with Crippen molar-refractivity contribution in [2.24, 2.45) is 0 Å². The van der Waals surface area contributed by atoms with Crippen LogP contribution in [0.4, 0.5) is 0 Å². The van der Waals surface area contributed by atoms with Crippen molar-refractivity contribution in [2.75, 3.05) is 40.9 Å². The number of nitrogens with one attached hydrogen (secondary N) is 1. The monoisotopic (exact) mass is 893 g/mol. The van der Waals surface area contributed by atoms with Crippen LogP contribution in [0, 0.1) is 0 Å². The van der Waals surface area contributed by atoms with Gasteiger partial charge in [0, 0.05) is 6.42 Å². The van der Waals surface area contributed by atoms with Gasteiger partial charge in [-0.15, -0.1) is 0 Å². The van der Waals surface area contributed by atoms with Crippen molar-refractivity contribution >= 4 is 13.7 Å². The van der Waals surface area contributed by atoms with Crippen LogP contribution in [0.1, 0.15) is 232 Å². The molecule has 0 aliphatic rings. The highest BCUT2D eigenvalue weighted by molar-refractivity contribution is 7.45. The van der Waals surface area contributed by atoms with Crippen LogP contribution in [0.3, 0.4) is 0 Å². The van der Waals surface area contributed by atoms with Gasteiger partial charge in [0.2, 0.25) is 5.91 Å². The number of aliphatic hydroxyl groups excluding tert-OH is 1. The molecule has 0 aliphatic carbocycles. The Bertz CT molecular complexity index is 1150. The van der Waals surface area contributed by atoms with Crippen molar-refractivity contribution in [1.29, 1.82) is 0 Å². The number of carbonyl (C=O) groups excluding carboxylic acids is 1. The predicted octanol–water partition coefficient (Wildman–Crippen LogP) is 14.6. The van der Waals surface area contributed by atoms with E-state index in [9.17, 15) is 19.4 Å². The van der Waals surface area contributed by atoms with Gasteiger partial charge in [0.15, 0.2) is 0 Å². The SMILES string of the molecule is CCC/C=C/CC/C=C/C(O)C(COP(=O)([O-])OCC[N+](C)(C)C)NC(=O)CCCCCCCCCCCCCCCCCCCCCCC/C=C\C/C=C\CCCCCCC. The van der Waals surface area contributed by atoms with Gasteiger partial charge in [0.05, 0.1) is 39.9 Å². The molecule has 0 saturated heterocycles. The zero-order chi connectivity index (χ0) is 45.7. The molecule has 0 aromatic rings. The number of aliphatic hydroxyl groups is 1. The number of phosphoric acid groups is 1. The summed E-state index contributed by atoms with van der Waals surface area (Å²) >= 11 is 0. The Balaban J connectivity index is 3.87. The minimum absolute atomic E-state index is 0.00667. The molecule has 0 bridgehead atoms. The molecule has 1 amide bonds. The van der Waals surface area contributed by atoms with Crippen LogP contribution in [0.25, 0.3) is 0 Å². The zero-order valence-electron chi connectivity index (χ0n) is 41.3. The average molecular weight is 893 g/mol. The summed E-state index contributed by atoms with van der Waals surface area (Å²) in [5, 5.41) is 13.6. The first-order valence-electron chi connectivity index (χ1n) is 26.0. The first-order chi connectivity index (χ1) is 30.0. The summed E-state index contributed by atoms with van der Waals surface area (Å²) in [5.74, 6) is -0.210. The highest BCUT2D eigenvalue weighted by Gasteiger charge is 2.23. The molecule has 0 rings (SSSR count). The van der Waals surface area contributed by atoms with E-state index in [-0.39, 0.29) is 12.5 Å². The topological polar surface area (TPSA) is 108 Å². The first-order valence-corrected chi connectivity index (χ1v) is 27.5. The Kier molecular flexibility index (Phi) is 43.5. The zero-order valence-corrected chi connectivity index (χ0v) is 42.2. The van der Waals surface area contributed by atoms with E-state index in [1.54, 1.807) is 6.08 Å². The Morgan fingerprint density at radius 2 is 0.984 bits per heavy atom. The van der Waals surface area contributed by atoms with Crippen molar-refractivity contribution in [1.82, 2.24) is 5.32 Å². The minimum atomic E-state index is -4.59. The Labute approximate surface area is 384 Å². The standard InChI is InChI=1S/C53H101N2O6P/c1-6-8-10-12-14-15-16-17-18-19-20-21-22-23-24-25-26-27-28-29-30-31-32-33-34-35-36-37-38-39-41-43-45-47-53(57)54-51(52(56)46-44-42-40-13-11-9-7-2)50-61-62(58,59)60-49-48-55(3,4)5/h11,13,16-17,19-20,44,46,51-52,56H,6-10,12,14-15,18,21-43,45,47-50H2,1-5H3,(H-,54,57,58,59)/b13-11+,17-16-,20-19-,46-44+. The number of amides is 1. The van der Waals surface area contributed by atoms with Crippen LogP contribution in [0.15, 0.2) is 48.6 Å². The second-order valence-corrected chi connectivity index (χ2v) is 20.3. The molecule has 0 saturated carbocycles. The van der Waals surface area contributed by atoms with Crippen LogP contribution in [0.2, 0.25) is 0 Å². The van der Waals surface area contributed by atoms with Crippen LogP contribution < -0.4 is 10.2 Å². The van der Waals surface area contributed by atoms with Gasteiger partial charge in [-0.25, -0.2) is 0 Å². The number of allylic oxidation sites excluding steroid dienone is 7. The average Bonchev–Trinajstić information content (AvgIpc) is 3.23. The number of likely N-dealkylation sites (N-methyl/N-ethyl adjacent to an activating group) is 1. The lowest BCUT2D eigenvalue weighted by molar-refractivity contribution is -0.870. The molecular formula is C53H101N2O6P. The lowest BCUT2D eigenvalue weighted by Crippen LogP contribution is -2.45. The van der Waals surface area contributed by atoms with Gasteiger partial charge in [0.1, 0.15) is 13.2 Å². The molecule has 0 aliphatic heterocycles. The van der Waals surface area contributed by atoms with Gasteiger partial charge in [-0.2, -0.15) is 0 Å². The van der Waals surface area contributed by atoms with Crippen molar-refractivity contribution in [3.8, 4) is 0 Å². The van der Waals surface area contributed by atoms with E-state index in [4.69, 9.17) is 9.05 Å². The fourth-order valence-corrected chi connectivity index (χ4v) is 8.11. The highest BCUT2D eigenvalue weighted by Crippen LogP contribution is 2.38. The summed E-state index contributed by atoms with van der Waals surface area (Å²) in [6.45, 7) is 4.51. The minimum Gasteiger partial charge on any atom is -0.756 e. The lowest BCUT2D eigenvalue weighted by Gasteiger charge is -2.29. The number of hydrogen-bond donors (Lipinski definition) is 2. The number of nitrogens with zero attached hydrogens (tertiary/aromatic N) is 1. The van der Waals surface area contributed by atoms with Crippen molar-refractivity contribution in [3.05, 3.63) is 48.6 Å². The van der Waals surface area contributed by atoms with Crippen molar-refractivity contribution in [2.45, 2.75) is 244 Å². The maximum absolute atomic E-state index is 12.8. The van der Waals surface area contributed by atoms with Gasteiger partial charge < -0.3 is 28.8 Å². The molecule has 0 aromatic carbocycles. The molecule has 0 spiro atoms. The fourth-order valence-electron chi connectivity index (χ4n) is 7.38. The molecule has 364 valence electrons. The van der Waals surface area contributed by atoms with E-state index in [0.29, 0.717) is 17.4 Å². The molecule has 0 heterocycles. The van der Waals surface area contributed by atoms with Crippen LogP contribution in [-0.4, -0.2) is 68.5 Å². The largest absolute Gasteiger partial charge is 0.756 e. The molecule has 62 heavy (non-hydrogen) atoms. The van der Waals surface area contributed by atoms with Crippen LogP contribution in [-0.2, 0) is 18.4 Å². The van der Waals surface area contributed by atoms with Gasteiger partial charge >= 0.3 is 0 Å². The number of phosphoric ester groups is 1. The third kappa shape index (κ3) is 46.5. The smallest absolute Gasteiger partial charge is 0.268 e. The molecule has 8 nitrogen and oxygen atoms in total. The summed E-state index contributed by atoms with van der Waals surface area (Å²) in [5.41, 5.74) is 0. The maximum atomic E-state index is 12.8. The van der Waals surface area contributed by atoms with Gasteiger partial charge in [-0.3, -0.25) is 9.36 Å². The normalized spacial score (nSPS) is 14.5. The Hall–Kier alpha value is -1.54. The van der Waals surface area contributed by atoms with Crippen LogP contribution >= 0.6 is 7.82 Å². The Morgan fingerprint density at radius 1 is 0.565 bits per heavy atom. The third-order valence-electron chi connectivity index (χ3n) is 11.5. The fraction of sp³-hybridized carbons (Fsp3) is 0.830. The van der Waals surface area contributed by atoms with Crippen LogP contribution in [0.5, 0.6) is 0 Å². The summed E-state index contributed by atoms with van der Waals surface area (Å²) in [6.07, 6.45) is 58.1. The molecule has 0 radical (unpaired) electrons. The molecule has 0 aromatic heterocycles. The molecular weight excluding hydrogens is 792 g/mol. The second-order valence-electron chi connectivity index (χ2n) is 18.9. The Morgan fingerprint density at radius 3 is 1.45 bits per heavy atom. The van der Waals surface area contributed by atoms with E-state index >= 15 is 0 Å². The third-order valence-corrected chi connectivity index (χ3v) is 12.5. The summed E-state index contributed by atoms with van der Waals surface area (Å²) in [6, 6.07) is -0.899. The van der Waals surface area contributed by atoms with E-state index in [1.807, 2.05) is 27.2 Å².